The number of carbonyl (C=O) groups excluding carboxylic acids is 1. The van der Waals surface area contributed by atoms with Gasteiger partial charge in [-0.3, -0.25) is 0 Å². The molecule has 0 aromatic heterocycles. The first-order valence-electron chi connectivity index (χ1n) is 6.38. The van der Waals surface area contributed by atoms with Gasteiger partial charge in [0, 0.05) is 18.8 Å². The van der Waals surface area contributed by atoms with Gasteiger partial charge >= 0.3 is 6.03 Å². The van der Waals surface area contributed by atoms with E-state index >= 15 is 0 Å². The van der Waals surface area contributed by atoms with Crippen LogP contribution in [-0.2, 0) is 9.84 Å². The van der Waals surface area contributed by atoms with Crippen LogP contribution in [0.2, 0.25) is 0 Å². The first kappa shape index (κ1) is 14.6. The van der Waals surface area contributed by atoms with Crippen LogP contribution in [0.25, 0.3) is 0 Å². The molecule has 6 nitrogen and oxygen atoms in total. The number of benzene rings is 1. The first-order valence-corrected chi connectivity index (χ1v) is 8.10. The van der Waals surface area contributed by atoms with Gasteiger partial charge in [-0.15, -0.1) is 0 Å². The Balaban J connectivity index is 1.95. The number of sulfone groups is 1. The summed E-state index contributed by atoms with van der Waals surface area (Å²) in [6.45, 7) is 2.11. The maximum atomic E-state index is 12.0. The summed E-state index contributed by atoms with van der Waals surface area (Å²) in [5.41, 5.74) is 0.571. The van der Waals surface area contributed by atoms with Crippen LogP contribution in [0.4, 0.5) is 10.5 Å². The van der Waals surface area contributed by atoms with Gasteiger partial charge in [0.2, 0.25) is 0 Å². The molecule has 7 heteroatoms. The minimum absolute atomic E-state index is 0.111. The van der Waals surface area contributed by atoms with Crippen molar-refractivity contribution in [1.82, 2.24) is 4.90 Å². The van der Waals surface area contributed by atoms with E-state index in [2.05, 4.69) is 5.32 Å². The van der Waals surface area contributed by atoms with E-state index in [1.807, 2.05) is 6.07 Å². The van der Waals surface area contributed by atoms with Crippen LogP contribution in [0.5, 0.6) is 5.75 Å². The summed E-state index contributed by atoms with van der Waals surface area (Å²) in [6.07, 6.45) is 0. The maximum absolute atomic E-state index is 12.0. The van der Waals surface area contributed by atoms with Crippen molar-refractivity contribution in [1.29, 1.82) is 0 Å². The van der Waals surface area contributed by atoms with Crippen molar-refractivity contribution in [3.05, 3.63) is 24.3 Å². The monoisotopic (exact) mass is 298 g/mol. The molecule has 1 saturated heterocycles. The van der Waals surface area contributed by atoms with Gasteiger partial charge in [-0.25, -0.2) is 13.2 Å². The highest BCUT2D eigenvalue weighted by Gasteiger charge is 2.38. The Kier molecular flexibility index (Phi) is 4.17. The van der Waals surface area contributed by atoms with Gasteiger partial charge in [-0.1, -0.05) is 19.1 Å². The number of methoxy groups -OCH3 is 1. The molecule has 0 atom stereocenters. The van der Waals surface area contributed by atoms with E-state index in [0.717, 1.165) is 0 Å². The summed E-state index contributed by atoms with van der Waals surface area (Å²) < 4.78 is 28.4. The van der Waals surface area contributed by atoms with Crippen molar-refractivity contribution in [3.63, 3.8) is 0 Å². The number of nitrogens with one attached hydrogen (secondary N) is 1. The minimum Gasteiger partial charge on any atom is -0.495 e. The van der Waals surface area contributed by atoms with Gasteiger partial charge in [0.05, 0.1) is 18.0 Å². The predicted octanol–water partition coefficient (Wildman–Crippen LogP) is 1.35. The molecule has 2 rings (SSSR count). The number of rotatable bonds is 4. The van der Waals surface area contributed by atoms with Crippen molar-refractivity contribution in [2.45, 2.75) is 12.2 Å². The minimum atomic E-state index is -3.06. The average molecular weight is 298 g/mol. The standard InChI is InChI=1S/C13H18N2O4S/c1-3-20(17,18)10-8-15(9-10)13(16)14-11-6-4-5-7-12(11)19-2/h4-7,10H,3,8-9H2,1-2H3,(H,14,16). The van der Waals surface area contributed by atoms with E-state index in [1.165, 1.54) is 12.0 Å². The van der Waals surface area contributed by atoms with E-state index in [4.69, 9.17) is 4.74 Å². The van der Waals surface area contributed by atoms with E-state index in [1.54, 1.807) is 25.1 Å². The number of likely N-dealkylation sites (tertiary alicyclic amines) is 1. The van der Waals surface area contributed by atoms with E-state index in [0.29, 0.717) is 11.4 Å². The second-order valence-electron chi connectivity index (χ2n) is 4.61. The van der Waals surface area contributed by atoms with Gasteiger partial charge < -0.3 is 15.0 Å². The zero-order chi connectivity index (χ0) is 14.8. The molecule has 0 saturated carbocycles. The Labute approximate surface area is 118 Å². The highest BCUT2D eigenvalue weighted by Crippen LogP contribution is 2.25. The smallest absolute Gasteiger partial charge is 0.322 e. The molecule has 110 valence electrons. The number of hydrogen-bond donors (Lipinski definition) is 1. The van der Waals surface area contributed by atoms with Gasteiger partial charge in [-0.2, -0.15) is 0 Å². The Morgan fingerprint density at radius 1 is 1.40 bits per heavy atom. The largest absolute Gasteiger partial charge is 0.495 e. The molecule has 1 aromatic carbocycles. The summed E-state index contributed by atoms with van der Waals surface area (Å²) in [5.74, 6) is 0.679. The number of para-hydroxylation sites is 2. The Morgan fingerprint density at radius 3 is 2.65 bits per heavy atom. The molecule has 20 heavy (non-hydrogen) atoms. The fourth-order valence-corrected chi connectivity index (χ4v) is 3.29. The van der Waals surface area contributed by atoms with Crippen LogP contribution in [0.3, 0.4) is 0 Å². The highest BCUT2D eigenvalue weighted by atomic mass is 32.2. The van der Waals surface area contributed by atoms with Crippen molar-refractivity contribution in [3.8, 4) is 5.75 Å². The molecule has 1 fully saturated rings. The second-order valence-corrected chi connectivity index (χ2v) is 7.18. The summed E-state index contributed by atoms with van der Waals surface area (Å²) >= 11 is 0. The SMILES string of the molecule is CCS(=O)(=O)C1CN(C(=O)Nc2ccccc2OC)C1. The number of hydrogen-bond acceptors (Lipinski definition) is 4. The van der Waals surface area contributed by atoms with E-state index in [9.17, 15) is 13.2 Å². The van der Waals surface area contributed by atoms with Crippen LogP contribution in [0.15, 0.2) is 24.3 Å². The average Bonchev–Trinajstić information content (AvgIpc) is 2.37. The summed E-state index contributed by atoms with van der Waals surface area (Å²) in [7, 11) is -1.53. The van der Waals surface area contributed by atoms with Crippen LogP contribution in [0, 0.1) is 0 Å². The topological polar surface area (TPSA) is 75.7 Å². The van der Waals surface area contributed by atoms with Crippen molar-refractivity contribution < 1.29 is 17.9 Å². The maximum Gasteiger partial charge on any atom is 0.322 e. The second kappa shape index (κ2) is 5.70. The Morgan fingerprint density at radius 2 is 2.05 bits per heavy atom. The Bertz CT molecular complexity index is 594. The third kappa shape index (κ3) is 2.87. The van der Waals surface area contributed by atoms with E-state index in [-0.39, 0.29) is 24.9 Å². The predicted molar refractivity (Wildman–Crippen MR) is 76.8 cm³/mol. The molecule has 2 amide bonds. The lowest BCUT2D eigenvalue weighted by molar-refractivity contribution is 0.182. The van der Waals surface area contributed by atoms with Crippen LogP contribution < -0.4 is 10.1 Å². The lowest BCUT2D eigenvalue weighted by Crippen LogP contribution is -2.58. The number of ether oxygens (including phenoxy) is 1. The molecule has 0 spiro atoms. The number of urea groups is 1. The zero-order valence-electron chi connectivity index (χ0n) is 11.5. The zero-order valence-corrected chi connectivity index (χ0v) is 12.3. The molecule has 1 N–H and O–H groups in total. The summed E-state index contributed by atoms with van der Waals surface area (Å²) in [6, 6.07) is 6.77. The highest BCUT2D eigenvalue weighted by molar-refractivity contribution is 7.92. The van der Waals surface area contributed by atoms with E-state index < -0.39 is 15.1 Å². The lowest BCUT2D eigenvalue weighted by atomic mass is 10.2. The molecule has 1 aromatic rings. The van der Waals surface area contributed by atoms with Crippen LogP contribution >= 0.6 is 0 Å². The third-order valence-electron chi connectivity index (χ3n) is 3.39. The van der Waals surface area contributed by atoms with Crippen LogP contribution in [0.1, 0.15) is 6.92 Å². The van der Waals surface area contributed by atoms with Crippen molar-refractivity contribution in [2.24, 2.45) is 0 Å². The van der Waals surface area contributed by atoms with Crippen LogP contribution in [-0.4, -0.2) is 50.6 Å². The number of nitrogens with zero attached hydrogens (tertiary/aromatic N) is 1. The number of amides is 2. The summed E-state index contributed by atoms with van der Waals surface area (Å²) in [5, 5.41) is 2.29. The van der Waals surface area contributed by atoms with Gasteiger partial charge in [0.1, 0.15) is 5.75 Å². The Hall–Kier alpha value is -1.76. The summed E-state index contributed by atoms with van der Waals surface area (Å²) in [4.78, 5) is 13.5. The molecule has 0 radical (unpaired) electrons. The molecule has 1 aliphatic heterocycles. The molecule has 0 unspecified atom stereocenters. The van der Waals surface area contributed by atoms with Gasteiger partial charge in [0.25, 0.3) is 0 Å². The molecular formula is C13H18N2O4S. The third-order valence-corrected chi connectivity index (χ3v) is 5.51. The lowest BCUT2D eigenvalue weighted by Gasteiger charge is -2.38. The molecular weight excluding hydrogens is 280 g/mol. The van der Waals surface area contributed by atoms with Crippen molar-refractivity contribution in [2.75, 3.05) is 31.3 Å². The molecule has 1 heterocycles. The quantitative estimate of drug-likeness (QED) is 0.910. The number of carbonyl (C=O) groups is 1. The van der Waals surface area contributed by atoms with Crippen molar-refractivity contribution >= 4 is 21.6 Å². The number of anilines is 1. The van der Waals surface area contributed by atoms with Gasteiger partial charge in [0.15, 0.2) is 9.84 Å². The molecule has 0 bridgehead atoms. The van der Waals surface area contributed by atoms with Gasteiger partial charge in [-0.05, 0) is 12.1 Å². The molecule has 1 aliphatic rings. The normalized spacial score (nSPS) is 15.6. The fraction of sp³-hybridized carbons (Fsp3) is 0.462. The molecule has 0 aliphatic carbocycles. The fourth-order valence-electron chi connectivity index (χ4n) is 2.01. The first-order chi connectivity index (χ1) is 9.47.